The third kappa shape index (κ3) is 1.58. The number of nitrogens with one attached hydrogen (secondary N) is 1. The highest BCUT2D eigenvalue weighted by molar-refractivity contribution is 7.98. The van der Waals surface area contributed by atoms with E-state index in [0.717, 1.165) is 16.6 Å². The Kier molecular flexibility index (Phi) is 2.71. The van der Waals surface area contributed by atoms with Crippen LogP contribution < -0.4 is 4.57 Å². The fourth-order valence-electron chi connectivity index (χ4n) is 1.97. The Bertz CT molecular complexity index is 753. The van der Waals surface area contributed by atoms with Gasteiger partial charge in [-0.2, -0.15) is 14.3 Å². The minimum Gasteiger partial charge on any atom is -0.178 e. The number of fused-ring (bicyclic) bond motifs is 1. The molecule has 0 atom stereocenters. The van der Waals surface area contributed by atoms with Crippen molar-refractivity contribution in [3.8, 4) is 5.69 Å². The SMILES string of the molecule is CSc1nn(C)c2n1[nH]c(=S)[n+]2-c1ccccc1. The van der Waals surface area contributed by atoms with Crippen molar-refractivity contribution in [3.05, 3.63) is 35.1 Å². The lowest BCUT2D eigenvalue weighted by Gasteiger charge is -1.96. The monoisotopic (exact) mass is 278 g/mol. The molecular formula is C11H12N5S2+. The highest BCUT2D eigenvalue weighted by Crippen LogP contribution is 2.13. The number of H-pyrrole nitrogens is 1. The maximum atomic E-state index is 5.39. The number of aryl methyl sites for hydroxylation is 1. The minimum absolute atomic E-state index is 0.657. The number of aromatic amines is 1. The van der Waals surface area contributed by atoms with E-state index in [9.17, 15) is 0 Å². The molecule has 1 aromatic carbocycles. The normalized spacial score (nSPS) is 11.2. The first-order chi connectivity index (χ1) is 8.72. The van der Waals surface area contributed by atoms with Gasteiger partial charge in [0, 0.05) is 0 Å². The molecule has 0 saturated carbocycles. The molecule has 92 valence electrons. The topological polar surface area (TPSA) is 41.9 Å². The van der Waals surface area contributed by atoms with E-state index < -0.39 is 0 Å². The molecule has 0 bridgehead atoms. The summed E-state index contributed by atoms with van der Waals surface area (Å²) < 4.78 is 6.36. The summed E-state index contributed by atoms with van der Waals surface area (Å²) in [5.74, 6) is 0.913. The molecule has 7 heteroatoms. The number of hydrogen-bond donors (Lipinski definition) is 1. The van der Waals surface area contributed by atoms with Crippen LogP contribution in [0.15, 0.2) is 35.5 Å². The van der Waals surface area contributed by atoms with Gasteiger partial charge in [-0.15, -0.1) is 0 Å². The van der Waals surface area contributed by atoms with Crippen LogP contribution in [0.2, 0.25) is 0 Å². The van der Waals surface area contributed by atoms with Crippen LogP contribution in [0.5, 0.6) is 0 Å². The average molecular weight is 278 g/mol. The van der Waals surface area contributed by atoms with E-state index >= 15 is 0 Å². The van der Waals surface area contributed by atoms with E-state index in [1.54, 1.807) is 11.8 Å². The fourth-order valence-corrected chi connectivity index (χ4v) is 2.76. The number of aromatic nitrogens is 5. The van der Waals surface area contributed by atoms with Gasteiger partial charge in [0.1, 0.15) is 0 Å². The molecule has 2 aromatic heterocycles. The summed E-state index contributed by atoms with van der Waals surface area (Å²) >= 11 is 6.97. The van der Waals surface area contributed by atoms with Gasteiger partial charge in [-0.25, -0.2) is 0 Å². The molecule has 3 aromatic rings. The summed E-state index contributed by atoms with van der Waals surface area (Å²) in [5, 5.41) is 8.48. The van der Waals surface area contributed by atoms with E-state index in [0.29, 0.717) is 4.77 Å². The lowest BCUT2D eigenvalue weighted by Crippen LogP contribution is -2.32. The molecular weight excluding hydrogens is 266 g/mol. The molecule has 2 heterocycles. The summed E-state index contributed by atoms with van der Waals surface area (Å²) in [4.78, 5) is 0. The summed E-state index contributed by atoms with van der Waals surface area (Å²) in [6.45, 7) is 0. The summed E-state index contributed by atoms with van der Waals surface area (Å²) in [5.41, 5.74) is 1.02. The van der Waals surface area contributed by atoms with Crippen molar-refractivity contribution in [1.82, 2.24) is 19.4 Å². The zero-order valence-electron chi connectivity index (χ0n) is 9.99. The molecule has 0 aliphatic heterocycles. The van der Waals surface area contributed by atoms with Crippen molar-refractivity contribution in [2.45, 2.75) is 5.16 Å². The zero-order chi connectivity index (χ0) is 12.7. The average Bonchev–Trinajstić information content (AvgIpc) is 2.87. The van der Waals surface area contributed by atoms with Crippen LogP contribution in [-0.4, -0.2) is 25.7 Å². The number of para-hydroxylation sites is 1. The van der Waals surface area contributed by atoms with Crippen LogP contribution in [-0.2, 0) is 7.05 Å². The van der Waals surface area contributed by atoms with Gasteiger partial charge < -0.3 is 0 Å². The van der Waals surface area contributed by atoms with Crippen LogP contribution in [0.3, 0.4) is 0 Å². The van der Waals surface area contributed by atoms with Crippen LogP contribution in [0.4, 0.5) is 0 Å². The largest absolute Gasteiger partial charge is 0.380 e. The minimum atomic E-state index is 0.657. The highest BCUT2D eigenvalue weighted by atomic mass is 32.2. The molecule has 0 amide bonds. The van der Waals surface area contributed by atoms with Gasteiger partial charge in [-0.05, 0) is 30.6 Å². The first-order valence-electron chi connectivity index (χ1n) is 5.41. The van der Waals surface area contributed by atoms with Gasteiger partial charge in [0.2, 0.25) is 0 Å². The Morgan fingerprint density at radius 3 is 2.72 bits per heavy atom. The molecule has 0 fully saturated rings. The van der Waals surface area contributed by atoms with Gasteiger partial charge in [-0.1, -0.05) is 39.6 Å². The van der Waals surface area contributed by atoms with Crippen molar-refractivity contribution in [1.29, 1.82) is 0 Å². The smallest absolute Gasteiger partial charge is 0.178 e. The summed E-state index contributed by atoms with van der Waals surface area (Å²) in [6, 6.07) is 10.0. The van der Waals surface area contributed by atoms with Crippen molar-refractivity contribution in [3.63, 3.8) is 0 Å². The van der Waals surface area contributed by atoms with Gasteiger partial charge in [0.15, 0.2) is 0 Å². The standard InChI is InChI=1S/C11H11N5S2/c1-14-11-15(8-6-4-3-5-7-8)9(17)12-16(11)10(13-14)18-2/h3-7H,1-2H3/p+1. The second kappa shape index (κ2) is 4.25. The first kappa shape index (κ1) is 11.5. The Hall–Kier alpha value is -1.60. The van der Waals surface area contributed by atoms with E-state index in [1.807, 2.05) is 57.4 Å². The molecule has 18 heavy (non-hydrogen) atoms. The van der Waals surface area contributed by atoms with Crippen molar-refractivity contribution < 1.29 is 4.57 Å². The molecule has 0 unspecified atom stereocenters. The molecule has 0 radical (unpaired) electrons. The van der Waals surface area contributed by atoms with Gasteiger partial charge >= 0.3 is 5.78 Å². The lowest BCUT2D eigenvalue weighted by atomic mass is 10.3. The molecule has 0 spiro atoms. The van der Waals surface area contributed by atoms with Crippen molar-refractivity contribution >= 4 is 29.8 Å². The summed E-state index contributed by atoms with van der Waals surface area (Å²) in [7, 11) is 1.91. The quantitative estimate of drug-likeness (QED) is 0.441. The van der Waals surface area contributed by atoms with Crippen LogP contribution in [0, 0.1) is 4.77 Å². The maximum absolute atomic E-state index is 5.39. The van der Waals surface area contributed by atoms with Gasteiger partial charge in [0.25, 0.3) is 9.93 Å². The predicted molar refractivity (Wildman–Crippen MR) is 72.7 cm³/mol. The number of nitrogens with zero attached hydrogens (tertiary/aromatic N) is 4. The third-order valence-electron chi connectivity index (χ3n) is 2.72. The third-order valence-corrected chi connectivity index (χ3v) is 3.63. The van der Waals surface area contributed by atoms with E-state index in [-0.39, 0.29) is 0 Å². The van der Waals surface area contributed by atoms with Gasteiger partial charge in [-0.3, -0.25) is 0 Å². The number of benzene rings is 1. The Labute approximate surface area is 113 Å². The fraction of sp³-hybridized carbons (Fsp3) is 0.182. The van der Waals surface area contributed by atoms with Crippen LogP contribution in [0.25, 0.3) is 11.5 Å². The van der Waals surface area contributed by atoms with Gasteiger partial charge in [0.05, 0.1) is 12.7 Å². The Morgan fingerprint density at radius 2 is 2.06 bits per heavy atom. The number of hydrogen-bond acceptors (Lipinski definition) is 3. The van der Waals surface area contributed by atoms with E-state index in [4.69, 9.17) is 12.2 Å². The zero-order valence-corrected chi connectivity index (χ0v) is 11.6. The van der Waals surface area contributed by atoms with Crippen molar-refractivity contribution in [2.24, 2.45) is 7.05 Å². The van der Waals surface area contributed by atoms with Crippen molar-refractivity contribution in [2.75, 3.05) is 6.26 Å². The maximum Gasteiger partial charge on any atom is 0.380 e. The Balaban J connectivity index is 2.40. The predicted octanol–water partition coefficient (Wildman–Crippen LogP) is 1.73. The van der Waals surface area contributed by atoms with Crippen LogP contribution >= 0.6 is 24.0 Å². The molecule has 0 aliphatic carbocycles. The molecule has 0 saturated heterocycles. The molecule has 0 aliphatic rings. The molecule has 1 N–H and O–H groups in total. The van der Waals surface area contributed by atoms with Crippen LogP contribution in [0.1, 0.15) is 0 Å². The first-order valence-corrected chi connectivity index (χ1v) is 7.05. The molecule has 3 rings (SSSR count). The molecule has 5 nitrogen and oxygen atoms in total. The lowest BCUT2D eigenvalue weighted by molar-refractivity contribution is -0.579. The number of rotatable bonds is 2. The van der Waals surface area contributed by atoms with E-state index in [1.165, 1.54) is 0 Å². The highest BCUT2D eigenvalue weighted by Gasteiger charge is 2.22. The Morgan fingerprint density at radius 1 is 1.33 bits per heavy atom. The van der Waals surface area contributed by atoms with E-state index in [2.05, 4.69) is 10.2 Å². The second-order valence-corrected chi connectivity index (χ2v) is 4.99. The second-order valence-electron chi connectivity index (χ2n) is 3.83. The summed E-state index contributed by atoms with van der Waals surface area (Å²) in [6.07, 6.45) is 1.99. The number of thioether (sulfide) groups is 1.